The summed E-state index contributed by atoms with van der Waals surface area (Å²) in [5.41, 5.74) is 6.03. The van der Waals surface area contributed by atoms with Crippen molar-refractivity contribution in [1.29, 1.82) is 0 Å². The van der Waals surface area contributed by atoms with Gasteiger partial charge in [-0.15, -0.1) is 0 Å². The van der Waals surface area contributed by atoms with E-state index in [0.717, 1.165) is 29.8 Å². The first-order valence-corrected chi connectivity index (χ1v) is 8.19. The summed E-state index contributed by atoms with van der Waals surface area (Å²) in [5, 5.41) is 0. The molecule has 2 atom stereocenters. The summed E-state index contributed by atoms with van der Waals surface area (Å²) in [6, 6.07) is 6.38. The van der Waals surface area contributed by atoms with Gasteiger partial charge in [-0.05, 0) is 48.8 Å². The van der Waals surface area contributed by atoms with Crippen molar-refractivity contribution in [3.05, 3.63) is 47.4 Å². The van der Waals surface area contributed by atoms with Gasteiger partial charge in [0.15, 0.2) is 6.20 Å². The molecule has 114 valence electrons. The second-order valence-electron chi connectivity index (χ2n) is 7.67. The Hall–Kier alpha value is -1.70. The lowest BCUT2D eigenvalue weighted by molar-refractivity contribution is -0.661. The van der Waals surface area contributed by atoms with E-state index < -0.39 is 5.89 Å². The fraction of sp³-hybridized carbons (Fsp3) is 0.500. The monoisotopic (exact) mass is 294 g/mol. The second kappa shape index (κ2) is 4.18. The van der Waals surface area contributed by atoms with Crippen molar-refractivity contribution in [2.24, 2.45) is 12.5 Å². The van der Waals surface area contributed by atoms with Crippen molar-refractivity contribution >= 4 is 0 Å². The minimum atomic E-state index is -0.476. The van der Waals surface area contributed by atoms with Crippen LogP contribution in [-0.4, -0.2) is 4.98 Å². The summed E-state index contributed by atoms with van der Waals surface area (Å²) < 4.78 is 11.5. The first-order chi connectivity index (χ1) is 10.7. The zero-order valence-corrected chi connectivity index (χ0v) is 14.2. The lowest BCUT2D eigenvalue weighted by Crippen LogP contribution is -2.36. The van der Waals surface area contributed by atoms with Gasteiger partial charge >= 0.3 is 0 Å². The molecule has 0 spiro atoms. The predicted octanol–water partition coefficient (Wildman–Crippen LogP) is 4.06. The van der Waals surface area contributed by atoms with Crippen molar-refractivity contribution < 1.29 is 5.94 Å². The number of rotatable bonds is 1. The number of pyridine rings is 2. The van der Waals surface area contributed by atoms with Crippen molar-refractivity contribution in [2.45, 2.75) is 51.8 Å². The topological polar surface area (TPSA) is 16.8 Å². The molecule has 2 aromatic rings. The molecule has 1 saturated carbocycles. The van der Waals surface area contributed by atoms with Crippen LogP contribution in [0.4, 0.5) is 0 Å². The van der Waals surface area contributed by atoms with Crippen molar-refractivity contribution in [3.63, 3.8) is 0 Å². The van der Waals surface area contributed by atoms with E-state index in [4.69, 9.17) is 0 Å². The van der Waals surface area contributed by atoms with Crippen LogP contribution in [0.25, 0.3) is 11.3 Å². The molecule has 2 aliphatic rings. The lowest BCUT2D eigenvalue weighted by atomic mass is 9.69. The van der Waals surface area contributed by atoms with Gasteiger partial charge < -0.3 is 0 Å². The SMILES string of the molecule is [2H]C12CCC(C)(c3c[n+](C)c(-c4cccnc4C)cc31)C2(C)C. The molecule has 2 heteroatoms. The standard InChI is InChI=1S/C20H25N2/c1-13-14(7-6-10-21-13)18-11-15-16-8-9-20(4,19(16,2)3)17(15)12-22(18)5/h6-7,10-12,16H,8-9H2,1-5H3/q+1/i16D. The van der Waals surface area contributed by atoms with Gasteiger partial charge in [-0.3, -0.25) is 4.98 Å². The quantitative estimate of drug-likeness (QED) is 0.725. The lowest BCUT2D eigenvalue weighted by Gasteiger charge is -2.34. The van der Waals surface area contributed by atoms with Crippen molar-refractivity contribution in [1.82, 2.24) is 4.98 Å². The number of hydrogen-bond donors (Lipinski definition) is 0. The van der Waals surface area contributed by atoms with Crippen LogP contribution >= 0.6 is 0 Å². The van der Waals surface area contributed by atoms with Crippen LogP contribution in [0.1, 0.15) is 57.7 Å². The fourth-order valence-electron chi connectivity index (χ4n) is 4.64. The molecule has 2 nitrogen and oxygen atoms in total. The highest BCUT2D eigenvalue weighted by Crippen LogP contribution is 2.67. The Kier molecular flexibility index (Phi) is 2.44. The zero-order valence-electron chi connectivity index (χ0n) is 15.2. The molecule has 2 aromatic heterocycles. The molecule has 0 radical (unpaired) electrons. The molecule has 22 heavy (non-hydrogen) atoms. The summed E-state index contributed by atoms with van der Waals surface area (Å²) in [6.07, 6.45) is 6.18. The molecular formula is C20H25N2+. The molecule has 2 unspecified atom stereocenters. The molecule has 0 aliphatic heterocycles. The maximum atomic E-state index is 9.24. The summed E-state index contributed by atoms with van der Waals surface area (Å²) in [6.45, 7) is 8.96. The van der Waals surface area contributed by atoms with Gasteiger partial charge in [0.25, 0.3) is 0 Å². The molecule has 2 heterocycles. The number of nitrogens with zero attached hydrogens (tertiary/aromatic N) is 2. The molecule has 0 aromatic carbocycles. The second-order valence-corrected chi connectivity index (χ2v) is 7.67. The van der Waals surface area contributed by atoms with E-state index in [9.17, 15) is 1.37 Å². The number of aryl methyl sites for hydroxylation is 2. The number of hydrogen-bond acceptors (Lipinski definition) is 1. The van der Waals surface area contributed by atoms with E-state index in [1.807, 2.05) is 12.3 Å². The first-order valence-electron chi connectivity index (χ1n) is 8.69. The highest BCUT2D eigenvalue weighted by molar-refractivity contribution is 5.62. The Morgan fingerprint density at radius 3 is 2.86 bits per heavy atom. The van der Waals surface area contributed by atoms with Gasteiger partial charge in [0.1, 0.15) is 7.05 Å². The molecule has 0 amide bonds. The zero-order chi connectivity index (χ0) is 16.6. The van der Waals surface area contributed by atoms with E-state index >= 15 is 0 Å². The predicted molar refractivity (Wildman–Crippen MR) is 88.7 cm³/mol. The maximum Gasteiger partial charge on any atom is 0.214 e. The molecule has 1 fully saturated rings. The highest BCUT2D eigenvalue weighted by Gasteiger charge is 2.60. The Morgan fingerprint density at radius 2 is 2.14 bits per heavy atom. The fourth-order valence-corrected chi connectivity index (χ4v) is 4.64. The van der Waals surface area contributed by atoms with Crippen LogP contribution in [0.15, 0.2) is 30.6 Å². The Morgan fingerprint density at radius 1 is 1.36 bits per heavy atom. The third kappa shape index (κ3) is 1.51. The summed E-state index contributed by atoms with van der Waals surface area (Å²) in [7, 11) is 2.11. The first kappa shape index (κ1) is 12.8. The molecular weight excluding hydrogens is 268 g/mol. The molecule has 0 saturated heterocycles. The Bertz CT molecular complexity index is 826. The molecule has 2 aliphatic carbocycles. The van der Waals surface area contributed by atoms with Crippen LogP contribution in [-0.2, 0) is 12.5 Å². The molecule has 0 N–H and O–H groups in total. The summed E-state index contributed by atoms with van der Waals surface area (Å²) >= 11 is 0. The van der Waals surface area contributed by atoms with Gasteiger partial charge in [-0.2, -0.15) is 0 Å². The Labute approximate surface area is 134 Å². The normalized spacial score (nSPS) is 32.0. The minimum Gasteiger partial charge on any atom is -0.261 e. The van der Waals surface area contributed by atoms with Gasteiger partial charge in [0, 0.05) is 24.6 Å². The summed E-state index contributed by atoms with van der Waals surface area (Å²) in [5.74, 6) is -0.476. The number of fused-ring (bicyclic) bond motifs is 5. The summed E-state index contributed by atoms with van der Waals surface area (Å²) in [4.78, 5) is 4.44. The van der Waals surface area contributed by atoms with Crippen molar-refractivity contribution in [3.8, 4) is 11.3 Å². The van der Waals surface area contributed by atoms with Crippen LogP contribution < -0.4 is 4.57 Å². The van der Waals surface area contributed by atoms with Crippen LogP contribution in [0.5, 0.6) is 0 Å². The van der Waals surface area contributed by atoms with Gasteiger partial charge in [0.05, 0.1) is 11.3 Å². The van der Waals surface area contributed by atoms with Gasteiger partial charge in [0.2, 0.25) is 5.69 Å². The molecule has 4 rings (SSSR count). The van der Waals surface area contributed by atoms with E-state index in [1.54, 1.807) is 0 Å². The average Bonchev–Trinajstić information content (AvgIpc) is 2.76. The van der Waals surface area contributed by atoms with E-state index in [0.29, 0.717) is 0 Å². The largest absolute Gasteiger partial charge is 0.261 e. The van der Waals surface area contributed by atoms with E-state index in [1.165, 1.54) is 11.1 Å². The van der Waals surface area contributed by atoms with Crippen molar-refractivity contribution in [2.75, 3.05) is 0 Å². The van der Waals surface area contributed by atoms with Gasteiger partial charge in [-0.1, -0.05) is 20.8 Å². The number of aromatic nitrogens is 2. The Balaban J connectivity index is 2.00. The maximum absolute atomic E-state index is 9.24. The van der Waals surface area contributed by atoms with E-state index in [2.05, 4.69) is 62.6 Å². The minimum absolute atomic E-state index is 0.0298. The van der Waals surface area contributed by atoms with E-state index in [-0.39, 0.29) is 10.8 Å². The van der Waals surface area contributed by atoms with Gasteiger partial charge in [-0.25, -0.2) is 4.57 Å². The van der Waals surface area contributed by atoms with Crippen LogP contribution in [0, 0.1) is 12.3 Å². The smallest absolute Gasteiger partial charge is 0.214 e. The van der Waals surface area contributed by atoms with Crippen LogP contribution in [0.3, 0.4) is 0 Å². The third-order valence-electron chi connectivity index (χ3n) is 6.49. The highest BCUT2D eigenvalue weighted by atomic mass is 14.9. The average molecular weight is 294 g/mol. The molecule has 2 bridgehead atoms. The third-order valence-corrected chi connectivity index (χ3v) is 6.49. The van der Waals surface area contributed by atoms with Crippen LogP contribution in [0.2, 0.25) is 0 Å².